The van der Waals surface area contributed by atoms with Crippen LogP contribution in [0.5, 0.6) is 11.5 Å². The summed E-state index contributed by atoms with van der Waals surface area (Å²) in [5.74, 6) is 1.15. The highest BCUT2D eigenvalue weighted by atomic mass is 32.2. The van der Waals surface area contributed by atoms with Gasteiger partial charge in [-0.1, -0.05) is 48.5 Å². The fraction of sp³-hybridized carbons (Fsp3) is 0.200. The Morgan fingerprint density at radius 1 is 1.00 bits per heavy atom. The van der Waals surface area contributed by atoms with Crippen LogP contribution in [0.2, 0.25) is 0 Å². The molecule has 0 saturated carbocycles. The van der Waals surface area contributed by atoms with E-state index < -0.39 is 0 Å². The second-order valence-electron chi connectivity index (χ2n) is 6.72. The molecule has 160 valence electrons. The van der Waals surface area contributed by atoms with E-state index in [9.17, 15) is 4.79 Å². The standard InChI is InChI=1S/C25H26N2O3S/c1-3-29-24-16-21(14-15-23(24)30-18-20-10-6-4-7-11-20)17-26-27-25(28)19(2)31-22-12-8-5-9-13-22/h4-17,19H,3,18H2,1-2H3,(H,27,28)/b26-17-/t19-/m0/s1. The van der Waals surface area contributed by atoms with Crippen LogP contribution in [0.3, 0.4) is 0 Å². The number of nitrogens with zero attached hydrogens (tertiary/aromatic N) is 1. The minimum Gasteiger partial charge on any atom is -0.490 e. The fourth-order valence-electron chi connectivity index (χ4n) is 2.75. The number of carbonyl (C=O) groups excluding carboxylic acids is 1. The van der Waals surface area contributed by atoms with E-state index in [1.165, 1.54) is 11.8 Å². The van der Waals surface area contributed by atoms with Crippen molar-refractivity contribution in [3.63, 3.8) is 0 Å². The Hall–Kier alpha value is -3.25. The molecular formula is C25H26N2O3S. The zero-order chi connectivity index (χ0) is 21.9. The van der Waals surface area contributed by atoms with Gasteiger partial charge in [0, 0.05) is 4.90 Å². The molecule has 1 amide bonds. The van der Waals surface area contributed by atoms with Crippen LogP contribution in [0.1, 0.15) is 25.0 Å². The van der Waals surface area contributed by atoms with Crippen LogP contribution in [-0.4, -0.2) is 24.0 Å². The first-order valence-corrected chi connectivity index (χ1v) is 11.0. The SMILES string of the molecule is CCOc1cc(/C=N\NC(=O)[C@H](C)Sc2ccccc2)ccc1OCc1ccccc1. The number of hydrogen-bond donors (Lipinski definition) is 1. The normalized spacial score (nSPS) is 11.8. The molecule has 0 heterocycles. The quantitative estimate of drug-likeness (QED) is 0.267. The van der Waals surface area contributed by atoms with Crippen molar-refractivity contribution < 1.29 is 14.3 Å². The number of hydrazone groups is 1. The Labute approximate surface area is 187 Å². The lowest BCUT2D eigenvalue weighted by molar-refractivity contribution is -0.120. The largest absolute Gasteiger partial charge is 0.490 e. The van der Waals surface area contributed by atoms with Gasteiger partial charge in [0.1, 0.15) is 6.61 Å². The number of benzene rings is 3. The van der Waals surface area contributed by atoms with Crippen LogP contribution < -0.4 is 14.9 Å². The van der Waals surface area contributed by atoms with Gasteiger partial charge in [0.2, 0.25) is 0 Å². The summed E-state index contributed by atoms with van der Waals surface area (Å²) in [4.78, 5) is 13.3. The van der Waals surface area contributed by atoms with E-state index in [2.05, 4.69) is 10.5 Å². The molecule has 0 aliphatic rings. The molecule has 0 spiro atoms. The van der Waals surface area contributed by atoms with Crippen molar-refractivity contribution in [1.82, 2.24) is 5.43 Å². The monoisotopic (exact) mass is 434 g/mol. The molecule has 0 aliphatic heterocycles. The number of ether oxygens (including phenoxy) is 2. The molecule has 3 aromatic rings. The summed E-state index contributed by atoms with van der Waals surface area (Å²) in [6.45, 7) is 4.76. The van der Waals surface area contributed by atoms with Gasteiger partial charge < -0.3 is 9.47 Å². The maximum Gasteiger partial charge on any atom is 0.253 e. The van der Waals surface area contributed by atoms with Crippen molar-refractivity contribution in [2.45, 2.75) is 30.6 Å². The lowest BCUT2D eigenvalue weighted by Crippen LogP contribution is -2.26. The van der Waals surface area contributed by atoms with Crippen molar-refractivity contribution in [3.8, 4) is 11.5 Å². The zero-order valence-corrected chi connectivity index (χ0v) is 18.5. The first kappa shape index (κ1) is 22.4. The molecule has 0 radical (unpaired) electrons. The van der Waals surface area contributed by atoms with Crippen molar-refractivity contribution in [2.24, 2.45) is 5.10 Å². The van der Waals surface area contributed by atoms with E-state index in [1.807, 2.05) is 92.7 Å². The summed E-state index contributed by atoms with van der Waals surface area (Å²) in [5.41, 5.74) is 4.49. The number of rotatable bonds is 10. The minimum absolute atomic E-state index is 0.155. The van der Waals surface area contributed by atoms with Crippen LogP contribution in [0.4, 0.5) is 0 Å². The van der Waals surface area contributed by atoms with Crippen LogP contribution in [0.15, 0.2) is 88.9 Å². The number of hydrogen-bond acceptors (Lipinski definition) is 5. The second kappa shape index (κ2) is 11.8. The molecule has 0 aromatic heterocycles. The molecule has 31 heavy (non-hydrogen) atoms. The molecule has 0 saturated heterocycles. The van der Waals surface area contributed by atoms with Gasteiger partial charge in [-0.3, -0.25) is 4.79 Å². The van der Waals surface area contributed by atoms with Crippen LogP contribution in [0, 0.1) is 0 Å². The smallest absolute Gasteiger partial charge is 0.253 e. The van der Waals surface area contributed by atoms with Gasteiger partial charge in [0.25, 0.3) is 5.91 Å². The minimum atomic E-state index is -0.257. The van der Waals surface area contributed by atoms with Gasteiger partial charge in [-0.25, -0.2) is 5.43 Å². The third-order valence-corrected chi connectivity index (χ3v) is 5.43. The average Bonchev–Trinajstić information content (AvgIpc) is 2.80. The van der Waals surface area contributed by atoms with Gasteiger partial charge in [0.05, 0.1) is 18.1 Å². The molecule has 6 heteroatoms. The van der Waals surface area contributed by atoms with E-state index in [0.717, 1.165) is 16.0 Å². The van der Waals surface area contributed by atoms with Crippen LogP contribution in [-0.2, 0) is 11.4 Å². The molecule has 0 unspecified atom stereocenters. The summed E-state index contributed by atoms with van der Waals surface area (Å²) < 4.78 is 11.6. The molecule has 5 nitrogen and oxygen atoms in total. The number of thioether (sulfide) groups is 1. The number of amides is 1. The topological polar surface area (TPSA) is 59.9 Å². The van der Waals surface area contributed by atoms with E-state index in [4.69, 9.17) is 9.47 Å². The van der Waals surface area contributed by atoms with Gasteiger partial charge in [0.15, 0.2) is 11.5 Å². The first-order valence-electron chi connectivity index (χ1n) is 10.1. The van der Waals surface area contributed by atoms with E-state index in [0.29, 0.717) is 24.7 Å². The van der Waals surface area contributed by atoms with Gasteiger partial charge >= 0.3 is 0 Å². The Kier molecular flexibility index (Phi) is 8.55. The summed E-state index contributed by atoms with van der Waals surface area (Å²) in [6, 6.07) is 25.4. The van der Waals surface area contributed by atoms with Crippen LogP contribution >= 0.6 is 11.8 Å². The first-order chi connectivity index (χ1) is 15.2. The molecule has 3 rings (SSSR count). The third-order valence-electron chi connectivity index (χ3n) is 4.32. The number of carbonyl (C=O) groups is 1. The lowest BCUT2D eigenvalue weighted by atomic mass is 10.2. The molecule has 1 atom stereocenters. The number of nitrogens with one attached hydrogen (secondary N) is 1. The Morgan fingerprint density at radius 2 is 1.71 bits per heavy atom. The molecule has 0 aliphatic carbocycles. The molecule has 1 N–H and O–H groups in total. The van der Waals surface area contributed by atoms with Crippen molar-refractivity contribution in [3.05, 3.63) is 90.0 Å². The summed E-state index contributed by atoms with van der Waals surface area (Å²) in [7, 11) is 0. The summed E-state index contributed by atoms with van der Waals surface area (Å²) >= 11 is 1.49. The molecule has 3 aromatic carbocycles. The maximum atomic E-state index is 12.3. The van der Waals surface area contributed by atoms with E-state index in [-0.39, 0.29) is 11.2 Å². The Balaban J connectivity index is 1.58. The highest BCUT2D eigenvalue weighted by Crippen LogP contribution is 2.29. The van der Waals surface area contributed by atoms with Gasteiger partial charge in [-0.2, -0.15) is 5.10 Å². The summed E-state index contributed by atoms with van der Waals surface area (Å²) in [6.07, 6.45) is 1.60. The molecule has 0 bridgehead atoms. The predicted octanol–water partition coefficient (Wildman–Crippen LogP) is 5.30. The lowest BCUT2D eigenvalue weighted by Gasteiger charge is -2.12. The molecule has 0 fully saturated rings. The third kappa shape index (κ3) is 7.19. The Bertz CT molecular complexity index is 994. The fourth-order valence-corrected chi connectivity index (χ4v) is 3.63. The van der Waals surface area contributed by atoms with Crippen molar-refractivity contribution in [2.75, 3.05) is 6.61 Å². The zero-order valence-electron chi connectivity index (χ0n) is 17.7. The maximum absolute atomic E-state index is 12.3. The highest BCUT2D eigenvalue weighted by Gasteiger charge is 2.13. The van der Waals surface area contributed by atoms with E-state index >= 15 is 0 Å². The Morgan fingerprint density at radius 3 is 2.42 bits per heavy atom. The van der Waals surface area contributed by atoms with Gasteiger partial charge in [-0.15, -0.1) is 11.8 Å². The second-order valence-corrected chi connectivity index (χ2v) is 8.14. The van der Waals surface area contributed by atoms with Crippen LogP contribution in [0.25, 0.3) is 0 Å². The average molecular weight is 435 g/mol. The molecular weight excluding hydrogens is 408 g/mol. The highest BCUT2D eigenvalue weighted by molar-refractivity contribution is 8.00. The van der Waals surface area contributed by atoms with E-state index in [1.54, 1.807) is 6.21 Å². The van der Waals surface area contributed by atoms with Gasteiger partial charge in [-0.05, 0) is 55.3 Å². The predicted molar refractivity (Wildman–Crippen MR) is 126 cm³/mol. The van der Waals surface area contributed by atoms with Crippen molar-refractivity contribution in [1.29, 1.82) is 0 Å². The summed E-state index contributed by atoms with van der Waals surface area (Å²) in [5, 5.41) is 3.84. The van der Waals surface area contributed by atoms with Crippen molar-refractivity contribution >= 4 is 23.9 Å².